The van der Waals surface area contributed by atoms with E-state index in [1.165, 1.54) is 14.0 Å². The number of anilines is 1. The molecule has 0 saturated heterocycles. The van der Waals surface area contributed by atoms with Gasteiger partial charge in [-0.25, -0.2) is 4.39 Å². The molecule has 6 nitrogen and oxygen atoms in total. The minimum absolute atomic E-state index is 0.103. The van der Waals surface area contributed by atoms with Crippen LogP contribution in [0.2, 0.25) is 0 Å². The van der Waals surface area contributed by atoms with Gasteiger partial charge in [-0.15, -0.1) is 7.05 Å². The fourth-order valence-corrected chi connectivity index (χ4v) is 2.80. The van der Waals surface area contributed by atoms with E-state index in [1.807, 2.05) is 49.4 Å². The van der Waals surface area contributed by atoms with Gasteiger partial charge in [0.25, 0.3) is 0 Å². The first-order chi connectivity index (χ1) is 14.4. The lowest BCUT2D eigenvalue weighted by Crippen LogP contribution is -2.26. The van der Waals surface area contributed by atoms with Gasteiger partial charge in [0, 0.05) is 28.5 Å². The minimum Gasteiger partial charge on any atom is -0.662 e. The first-order valence-electron chi connectivity index (χ1n) is 9.36. The van der Waals surface area contributed by atoms with Crippen LogP contribution in [0.15, 0.2) is 77.9 Å². The van der Waals surface area contributed by atoms with Crippen molar-refractivity contribution in [3.63, 3.8) is 0 Å². The molecule has 0 bridgehead atoms. The summed E-state index contributed by atoms with van der Waals surface area (Å²) >= 11 is 0. The van der Waals surface area contributed by atoms with Crippen molar-refractivity contribution in [2.75, 3.05) is 19.0 Å². The second-order valence-corrected chi connectivity index (χ2v) is 6.48. The Labute approximate surface area is 176 Å². The number of aliphatic hydroxyl groups excluding tert-OH is 1. The Morgan fingerprint density at radius 1 is 1.27 bits per heavy atom. The topological polar surface area (TPSA) is 91.8 Å². The van der Waals surface area contributed by atoms with Gasteiger partial charge in [0.05, 0.1) is 5.71 Å². The van der Waals surface area contributed by atoms with E-state index < -0.39 is 12.2 Å². The largest absolute Gasteiger partial charge is 0.662 e. The highest BCUT2D eigenvalue weighted by Gasteiger charge is 2.16. The SMILES string of the molecule is C=CCO/N=C(\C)c1ccc(-c2ccccc2NC(O)/C(C(C)=N)=C(\F)[N-]C)cc1. The molecule has 0 saturated carbocycles. The standard InChI is InChI=1S/C23H26FN4O2/c1-5-14-30-28-16(3)17-10-12-18(13-11-17)19-8-6-7-9-20(19)27-23(29)21(15(2)25)22(24)26-4/h5-13,23,25,27,29H,1,14H2,2-4H3/q-1/b22-21+,25-15?,28-16+. The van der Waals surface area contributed by atoms with Gasteiger partial charge in [0.1, 0.15) is 6.61 Å². The van der Waals surface area contributed by atoms with Gasteiger partial charge in [0.2, 0.25) is 0 Å². The summed E-state index contributed by atoms with van der Waals surface area (Å²) < 4.78 is 14.0. The van der Waals surface area contributed by atoms with Crippen LogP contribution in [-0.2, 0) is 4.84 Å². The number of halogens is 1. The fourth-order valence-electron chi connectivity index (χ4n) is 2.80. The molecule has 0 heterocycles. The fraction of sp³-hybridized carbons (Fsp3) is 0.217. The van der Waals surface area contributed by atoms with Crippen LogP contribution in [0.1, 0.15) is 19.4 Å². The third-order valence-corrected chi connectivity index (χ3v) is 4.32. The van der Waals surface area contributed by atoms with E-state index in [1.54, 1.807) is 12.1 Å². The maximum Gasteiger partial charge on any atom is 0.153 e. The predicted octanol–water partition coefficient (Wildman–Crippen LogP) is 5.23. The first kappa shape index (κ1) is 22.8. The summed E-state index contributed by atoms with van der Waals surface area (Å²) in [4.78, 5) is 5.12. The highest BCUT2D eigenvalue weighted by atomic mass is 19.1. The third kappa shape index (κ3) is 5.78. The Morgan fingerprint density at radius 3 is 2.53 bits per heavy atom. The van der Waals surface area contributed by atoms with Crippen molar-refractivity contribution in [1.82, 2.24) is 0 Å². The van der Waals surface area contributed by atoms with Crippen molar-refractivity contribution in [2.45, 2.75) is 20.1 Å². The van der Waals surface area contributed by atoms with Crippen LogP contribution in [0.5, 0.6) is 0 Å². The maximum atomic E-state index is 14.0. The Kier molecular flexibility index (Phi) is 8.31. The predicted molar refractivity (Wildman–Crippen MR) is 121 cm³/mol. The summed E-state index contributed by atoms with van der Waals surface area (Å²) in [5, 5.41) is 28.6. The van der Waals surface area contributed by atoms with Crippen LogP contribution in [0, 0.1) is 5.41 Å². The molecule has 1 unspecified atom stereocenters. The molecule has 0 aromatic heterocycles. The van der Waals surface area contributed by atoms with Crippen LogP contribution >= 0.6 is 0 Å². The van der Waals surface area contributed by atoms with E-state index in [4.69, 9.17) is 10.2 Å². The molecule has 3 N–H and O–H groups in total. The van der Waals surface area contributed by atoms with Gasteiger partial charge < -0.3 is 26.0 Å². The molecule has 2 aromatic carbocycles. The molecule has 1 atom stereocenters. The lowest BCUT2D eigenvalue weighted by molar-refractivity contribution is 0.175. The van der Waals surface area contributed by atoms with Crippen molar-refractivity contribution in [3.8, 4) is 11.1 Å². The smallest absolute Gasteiger partial charge is 0.153 e. The number of para-hydroxylation sites is 1. The Balaban J connectivity index is 2.30. The summed E-state index contributed by atoms with van der Waals surface area (Å²) in [6.45, 7) is 7.18. The molecule has 30 heavy (non-hydrogen) atoms. The molecule has 0 radical (unpaired) electrons. The quantitative estimate of drug-likeness (QED) is 0.125. The molecule has 2 rings (SSSR count). The van der Waals surface area contributed by atoms with E-state index in [9.17, 15) is 9.50 Å². The van der Waals surface area contributed by atoms with Crippen molar-refractivity contribution in [1.29, 1.82) is 5.41 Å². The van der Waals surface area contributed by atoms with E-state index in [0.717, 1.165) is 22.4 Å². The van der Waals surface area contributed by atoms with E-state index in [2.05, 4.69) is 22.4 Å². The molecule has 0 aliphatic carbocycles. The summed E-state index contributed by atoms with van der Waals surface area (Å²) in [7, 11) is 1.27. The number of hydrogen-bond acceptors (Lipinski definition) is 5. The number of nitrogens with one attached hydrogen (secondary N) is 2. The lowest BCUT2D eigenvalue weighted by Gasteiger charge is -2.23. The highest BCUT2D eigenvalue weighted by molar-refractivity contribution is 5.99. The van der Waals surface area contributed by atoms with Gasteiger partial charge in [-0.2, -0.15) is 0 Å². The molecule has 0 aliphatic heterocycles. The van der Waals surface area contributed by atoms with Gasteiger partial charge >= 0.3 is 0 Å². The molecule has 0 fully saturated rings. The third-order valence-electron chi connectivity index (χ3n) is 4.32. The number of aliphatic hydroxyl groups is 1. The Morgan fingerprint density at radius 2 is 1.93 bits per heavy atom. The number of oxime groups is 1. The normalized spacial score (nSPS) is 13.2. The molecule has 0 spiro atoms. The van der Waals surface area contributed by atoms with Crippen molar-refractivity contribution >= 4 is 17.1 Å². The number of hydrogen-bond donors (Lipinski definition) is 3. The number of rotatable bonds is 10. The van der Waals surface area contributed by atoms with Crippen LogP contribution < -0.4 is 5.32 Å². The van der Waals surface area contributed by atoms with E-state index >= 15 is 0 Å². The van der Waals surface area contributed by atoms with Crippen LogP contribution in [0.4, 0.5) is 10.1 Å². The zero-order chi connectivity index (χ0) is 22.1. The highest BCUT2D eigenvalue weighted by Crippen LogP contribution is 2.30. The summed E-state index contributed by atoms with van der Waals surface area (Å²) in [6.07, 6.45) is 0.210. The Bertz CT molecular complexity index is 952. The van der Waals surface area contributed by atoms with Gasteiger partial charge in [-0.05, 0) is 31.0 Å². The summed E-state index contributed by atoms with van der Waals surface area (Å²) in [6, 6.07) is 15.0. The first-order valence-corrected chi connectivity index (χ1v) is 9.36. The zero-order valence-electron chi connectivity index (χ0n) is 17.3. The summed E-state index contributed by atoms with van der Waals surface area (Å²) in [5.74, 6) is -0.877. The van der Waals surface area contributed by atoms with Gasteiger partial charge in [0.15, 0.2) is 6.23 Å². The average molecular weight is 409 g/mol. The molecule has 7 heteroatoms. The van der Waals surface area contributed by atoms with E-state index in [0.29, 0.717) is 12.3 Å². The lowest BCUT2D eigenvalue weighted by atomic mass is 10.0. The number of nitrogens with zero attached hydrogens (tertiary/aromatic N) is 2. The van der Waals surface area contributed by atoms with Crippen LogP contribution in [-0.4, -0.2) is 36.4 Å². The van der Waals surface area contributed by atoms with Crippen molar-refractivity contribution in [2.24, 2.45) is 5.16 Å². The van der Waals surface area contributed by atoms with Crippen molar-refractivity contribution in [3.05, 3.63) is 83.6 Å². The van der Waals surface area contributed by atoms with E-state index in [-0.39, 0.29) is 11.3 Å². The van der Waals surface area contributed by atoms with Crippen molar-refractivity contribution < 1.29 is 14.3 Å². The maximum absolute atomic E-state index is 14.0. The minimum atomic E-state index is -1.41. The Hall–Kier alpha value is -3.45. The van der Waals surface area contributed by atoms with Crippen LogP contribution in [0.25, 0.3) is 16.4 Å². The summed E-state index contributed by atoms with van der Waals surface area (Å²) in [5.41, 5.74) is 3.65. The molecular formula is C23H26FN4O2-. The average Bonchev–Trinajstić information content (AvgIpc) is 2.74. The number of benzene rings is 2. The zero-order valence-corrected chi connectivity index (χ0v) is 17.3. The monoisotopic (exact) mass is 409 g/mol. The molecule has 2 aromatic rings. The second kappa shape index (κ2) is 10.9. The second-order valence-electron chi connectivity index (χ2n) is 6.48. The van der Waals surface area contributed by atoms with Gasteiger partial charge in [-0.3, -0.25) is 0 Å². The molecule has 158 valence electrons. The molecular weight excluding hydrogens is 383 g/mol. The van der Waals surface area contributed by atoms with Crippen LogP contribution in [0.3, 0.4) is 0 Å². The molecule has 0 aliphatic rings. The molecule has 0 amide bonds. The van der Waals surface area contributed by atoms with Gasteiger partial charge in [-0.1, -0.05) is 60.3 Å².